The van der Waals surface area contributed by atoms with Crippen LogP contribution in [0.5, 0.6) is 0 Å². The van der Waals surface area contributed by atoms with E-state index in [4.69, 9.17) is 5.73 Å². The van der Waals surface area contributed by atoms with Gasteiger partial charge in [0.15, 0.2) is 0 Å². The van der Waals surface area contributed by atoms with Crippen LogP contribution in [0.15, 0.2) is 36.9 Å². The summed E-state index contributed by atoms with van der Waals surface area (Å²) in [7, 11) is 2.04. The lowest BCUT2D eigenvalue weighted by molar-refractivity contribution is -0.671. The highest BCUT2D eigenvalue weighted by Gasteiger charge is 2.19. The summed E-state index contributed by atoms with van der Waals surface area (Å²) in [6.45, 7) is 3.15. The van der Waals surface area contributed by atoms with E-state index in [0.29, 0.717) is 0 Å². The SMILES string of the molecule is C[n+]1ccn(CCN2CCc3ccc(N)cc32)c1.Cl.[Cl-]. The fraction of sp³-hybridized carbons (Fsp3) is 0.357. The van der Waals surface area contributed by atoms with E-state index >= 15 is 0 Å². The summed E-state index contributed by atoms with van der Waals surface area (Å²) in [5.74, 6) is 0. The van der Waals surface area contributed by atoms with Gasteiger partial charge >= 0.3 is 0 Å². The first kappa shape index (κ1) is 16.7. The second-order valence-electron chi connectivity index (χ2n) is 4.94. The van der Waals surface area contributed by atoms with Crippen molar-refractivity contribution in [3.63, 3.8) is 0 Å². The molecule has 2 heterocycles. The van der Waals surface area contributed by atoms with Gasteiger partial charge in [0.2, 0.25) is 6.33 Å². The molecule has 0 radical (unpaired) electrons. The third kappa shape index (κ3) is 3.38. The predicted octanol–water partition coefficient (Wildman–Crippen LogP) is -1.62. The molecule has 0 amide bonds. The Labute approximate surface area is 132 Å². The van der Waals surface area contributed by atoms with Gasteiger partial charge in [-0.15, -0.1) is 12.4 Å². The zero-order valence-electron chi connectivity index (χ0n) is 11.5. The molecule has 1 aliphatic rings. The van der Waals surface area contributed by atoms with Gasteiger partial charge in [-0.2, -0.15) is 0 Å². The fourth-order valence-electron chi connectivity index (χ4n) is 2.56. The van der Waals surface area contributed by atoms with Crippen molar-refractivity contribution >= 4 is 23.8 Å². The monoisotopic (exact) mass is 314 g/mol. The van der Waals surface area contributed by atoms with E-state index in [1.54, 1.807) is 0 Å². The molecule has 1 aliphatic heterocycles. The van der Waals surface area contributed by atoms with E-state index < -0.39 is 0 Å². The second-order valence-corrected chi connectivity index (χ2v) is 4.94. The first-order valence-electron chi connectivity index (χ1n) is 6.37. The second kappa shape index (κ2) is 6.86. The third-order valence-corrected chi connectivity index (χ3v) is 3.55. The molecule has 0 fully saturated rings. The number of rotatable bonds is 3. The topological polar surface area (TPSA) is 38.1 Å². The number of aromatic nitrogens is 2. The van der Waals surface area contributed by atoms with Crippen LogP contribution in [0.1, 0.15) is 5.56 Å². The van der Waals surface area contributed by atoms with Crippen LogP contribution in [-0.4, -0.2) is 17.7 Å². The number of aryl methyl sites for hydroxylation is 1. The van der Waals surface area contributed by atoms with Gasteiger partial charge in [-0.05, 0) is 24.1 Å². The number of nitrogens with zero attached hydrogens (tertiary/aromatic N) is 3. The zero-order chi connectivity index (χ0) is 12.5. The first-order chi connectivity index (χ1) is 8.72. The number of benzene rings is 1. The minimum Gasteiger partial charge on any atom is -1.00 e. The van der Waals surface area contributed by atoms with Crippen molar-refractivity contribution in [3.05, 3.63) is 42.5 Å². The van der Waals surface area contributed by atoms with E-state index in [1.165, 1.54) is 11.3 Å². The summed E-state index contributed by atoms with van der Waals surface area (Å²) in [5.41, 5.74) is 9.45. The molecule has 0 aliphatic carbocycles. The molecule has 2 aromatic rings. The molecule has 0 atom stereocenters. The lowest BCUT2D eigenvalue weighted by Crippen LogP contribution is -3.00. The van der Waals surface area contributed by atoms with Gasteiger partial charge in [-0.1, -0.05) is 6.07 Å². The van der Waals surface area contributed by atoms with E-state index in [-0.39, 0.29) is 24.8 Å². The van der Waals surface area contributed by atoms with Gasteiger partial charge in [-0.25, -0.2) is 9.13 Å². The Bertz CT molecular complexity index is 568. The molecule has 1 aromatic carbocycles. The molecule has 4 nitrogen and oxygen atoms in total. The highest BCUT2D eigenvalue weighted by atomic mass is 35.5. The maximum Gasteiger partial charge on any atom is 0.243 e. The molecule has 0 saturated carbocycles. The van der Waals surface area contributed by atoms with Crippen LogP contribution >= 0.6 is 12.4 Å². The standard InChI is InChI=1S/C14H19N4.2ClH/c1-16-6-7-17(11-16)8-9-18-5-4-12-2-3-13(15)10-14(12)18;;/h2-3,6-7,10-11H,4-5,8-9,15H2,1H3;2*1H/q+1;;/p-1. The van der Waals surface area contributed by atoms with Crippen molar-refractivity contribution in [2.75, 3.05) is 23.7 Å². The molecule has 1 aromatic heterocycles. The van der Waals surface area contributed by atoms with Crippen molar-refractivity contribution in [2.24, 2.45) is 7.05 Å². The highest BCUT2D eigenvalue weighted by Crippen LogP contribution is 2.29. The van der Waals surface area contributed by atoms with Gasteiger partial charge < -0.3 is 23.0 Å². The molecular weight excluding hydrogens is 295 g/mol. The Morgan fingerprint density at radius 3 is 2.80 bits per heavy atom. The third-order valence-electron chi connectivity index (χ3n) is 3.55. The van der Waals surface area contributed by atoms with Crippen molar-refractivity contribution in [3.8, 4) is 0 Å². The molecule has 2 N–H and O–H groups in total. The van der Waals surface area contributed by atoms with E-state index in [2.05, 4.69) is 44.9 Å². The van der Waals surface area contributed by atoms with Gasteiger partial charge in [0.1, 0.15) is 18.9 Å². The average Bonchev–Trinajstić information content (AvgIpc) is 2.93. The van der Waals surface area contributed by atoms with Crippen LogP contribution in [0.4, 0.5) is 11.4 Å². The predicted molar refractivity (Wildman–Crippen MR) is 79.6 cm³/mol. The molecule has 6 heteroatoms. The van der Waals surface area contributed by atoms with Crippen molar-refractivity contribution < 1.29 is 17.0 Å². The molecular formula is C14H20Cl2N4. The lowest BCUT2D eigenvalue weighted by atomic mass is 10.1. The van der Waals surface area contributed by atoms with E-state index in [1.807, 2.05) is 13.1 Å². The van der Waals surface area contributed by atoms with Gasteiger partial charge in [0.25, 0.3) is 0 Å². The van der Waals surface area contributed by atoms with Crippen LogP contribution in [-0.2, 0) is 20.0 Å². The number of anilines is 2. The van der Waals surface area contributed by atoms with E-state index in [0.717, 1.165) is 31.7 Å². The molecule has 20 heavy (non-hydrogen) atoms. The maximum atomic E-state index is 5.87. The summed E-state index contributed by atoms with van der Waals surface area (Å²) in [6, 6.07) is 6.24. The van der Waals surface area contributed by atoms with Crippen LogP contribution in [0.25, 0.3) is 0 Å². The summed E-state index contributed by atoms with van der Waals surface area (Å²) < 4.78 is 4.28. The minimum atomic E-state index is 0. The quantitative estimate of drug-likeness (QED) is 0.546. The van der Waals surface area contributed by atoms with Gasteiger partial charge in [0.05, 0.1) is 13.6 Å². The summed E-state index contributed by atoms with van der Waals surface area (Å²) in [6.07, 6.45) is 7.41. The smallest absolute Gasteiger partial charge is 0.243 e. The van der Waals surface area contributed by atoms with Crippen molar-refractivity contribution in [1.29, 1.82) is 0 Å². The Kier molecular flexibility index (Phi) is 5.72. The molecule has 110 valence electrons. The van der Waals surface area contributed by atoms with Crippen LogP contribution < -0.4 is 27.6 Å². The van der Waals surface area contributed by atoms with E-state index in [9.17, 15) is 0 Å². The number of hydrogen-bond donors (Lipinski definition) is 1. The Hall–Kier alpha value is -1.39. The summed E-state index contributed by atoms with van der Waals surface area (Å²) in [4.78, 5) is 2.42. The largest absolute Gasteiger partial charge is 1.00 e. The number of hydrogen-bond acceptors (Lipinski definition) is 2. The number of nitrogens with two attached hydrogens (primary N) is 1. The molecule has 3 rings (SSSR count). The summed E-state index contributed by atoms with van der Waals surface area (Å²) >= 11 is 0. The van der Waals surface area contributed by atoms with Crippen molar-refractivity contribution in [1.82, 2.24) is 4.57 Å². The highest BCUT2D eigenvalue weighted by molar-refractivity contribution is 5.85. The number of fused-ring (bicyclic) bond motifs is 1. The molecule has 0 bridgehead atoms. The van der Waals surface area contributed by atoms with Crippen LogP contribution in [0.2, 0.25) is 0 Å². The van der Waals surface area contributed by atoms with Crippen LogP contribution in [0, 0.1) is 0 Å². The molecule has 0 spiro atoms. The van der Waals surface area contributed by atoms with Gasteiger partial charge in [0, 0.05) is 17.9 Å². The first-order valence-corrected chi connectivity index (χ1v) is 6.37. The van der Waals surface area contributed by atoms with Gasteiger partial charge in [-0.3, -0.25) is 0 Å². The Morgan fingerprint density at radius 1 is 1.30 bits per heavy atom. The maximum absolute atomic E-state index is 5.87. The molecule has 0 unspecified atom stereocenters. The number of imidazole rings is 1. The number of halogens is 2. The zero-order valence-corrected chi connectivity index (χ0v) is 13.1. The lowest BCUT2D eigenvalue weighted by Gasteiger charge is -2.18. The minimum absolute atomic E-state index is 0. The van der Waals surface area contributed by atoms with Crippen molar-refractivity contribution in [2.45, 2.75) is 13.0 Å². The van der Waals surface area contributed by atoms with Crippen LogP contribution in [0.3, 0.4) is 0 Å². The normalized spacial score (nSPS) is 12.6. The number of nitrogen functional groups attached to an aromatic ring is 1. The Morgan fingerprint density at radius 2 is 2.10 bits per heavy atom. The molecule has 0 saturated heterocycles. The fourth-order valence-corrected chi connectivity index (χ4v) is 2.56. The average molecular weight is 315 g/mol. The summed E-state index contributed by atoms with van der Waals surface area (Å²) in [5, 5.41) is 0. The Balaban J connectivity index is 0.000001000.